The monoisotopic (exact) mass is 524 g/mol. The van der Waals surface area contributed by atoms with Crippen molar-refractivity contribution >= 4 is 40.0 Å². The van der Waals surface area contributed by atoms with Crippen molar-refractivity contribution in [1.29, 1.82) is 0 Å². The van der Waals surface area contributed by atoms with Gasteiger partial charge < -0.3 is 15.4 Å². The Balaban J connectivity index is 0.00000392. The van der Waals surface area contributed by atoms with Crippen molar-refractivity contribution in [3.63, 3.8) is 0 Å². The third-order valence-electron chi connectivity index (χ3n) is 4.59. The molecule has 0 spiro atoms. The number of nitrogens with one attached hydrogen (secondary N) is 3. The molecule has 0 saturated heterocycles. The first kappa shape index (κ1) is 25.0. The van der Waals surface area contributed by atoms with Crippen molar-refractivity contribution in [2.45, 2.75) is 39.2 Å². The Bertz CT molecular complexity index is 724. The zero-order chi connectivity index (χ0) is 19.7. The van der Waals surface area contributed by atoms with E-state index >= 15 is 0 Å². The maximum absolute atomic E-state index is 12.0. The average molecular weight is 524 g/mol. The number of hydrogen-bond acceptors (Lipinski definition) is 4. The van der Waals surface area contributed by atoms with Gasteiger partial charge in [0.1, 0.15) is 11.9 Å². The Labute approximate surface area is 186 Å². The normalized spacial score (nSPS) is 15.9. The molecule has 28 heavy (non-hydrogen) atoms. The average Bonchev–Trinajstić information content (AvgIpc) is 2.56. The molecule has 1 saturated carbocycles. The molecule has 1 aromatic carbocycles. The maximum Gasteiger partial charge on any atom is 0.213 e. The molecule has 0 amide bonds. The number of sulfonamides is 1. The van der Waals surface area contributed by atoms with Gasteiger partial charge in [-0.15, -0.1) is 24.0 Å². The van der Waals surface area contributed by atoms with Gasteiger partial charge in [-0.2, -0.15) is 0 Å². The number of benzene rings is 1. The van der Waals surface area contributed by atoms with Crippen molar-refractivity contribution < 1.29 is 13.2 Å². The van der Waals surface area contributed by atoms with Gasteiger partial charge in [-0.25, -0.2) is 13.1 Å². The quantitative estimate of drug-likeness (QED) is 0.248. The standard InChI is InChI=1S/C19H32N4O3S.HI/c1-15-6-4-9-18(12-15)26-16(2)13-22-19(20-3)21-10-11-27(24,25)23-14-17-7-5-8-17;/h4,6,9,12,16-17,23H,5,7-8,10-11,13-14H2,1-3H3,(H2,20,21,22);1H. The molecule has 2 rings (SSSR count). The van der Waals surface area contributed by atoms with E-state index in [2.05, 4.69) is 20.3 Å². The number of nitrogens with zero attached hydrogens (tertiary/aromatic N) is 1. The Hall–Kier alpha value is -1.07. The summed E-state index contributed by atoms with van der Waals surface area (Å²) in [4.78, 5) is 4.12. The van der Waals surface area contributed by atoms with Gasteiger partial charge in [0.2, 0.25) is 10.0 Å². The second-order valence-corrected chi connectivity index (χ2v) is 9.02. The summed E-state index contributed by atoms with van der Waals surface area (Å²) in [7, 11) is -1.60. The predicted molar refractivity (Wildman–Crippen MR) is 125 cm³/mol. The van der Waals surface area contributed by atoms with Crippen LogP contribution in [0.1, 0.15) is 31.7 Å². The van der Waals surface area contributed by atoms with E-state index in [1.165, 1.54) is 6.42 Å². The largest absolute Gasteiger partial charge is 0.489 e. The summed E-state index contributed by atoms with van der Waals surface area (Å²) in [6, 6.07) is 7.91. The summed E-state index contributed by atoms with van der Waals surface area (Å²) in [6.07, 6.45) is 3.40. The van der Waals surface area contributed by atoms with E-state index < -0.39 is 10.0 Å². The Morgan fingerprint density at radius 3 is 2.68 bits per heavy atom. The number of ether oxygens (including phenoxy) is 1. The molecule has 1 aliphatic rings. The van der Waals surface area contributed by atoms with Crippen molar-refractivity contribution in [2.75, 3.05) is 32.4 Å². The number of aliphatic imine (C=N–C) groups is 1. The lowest BCUT2D eigenvalue weighted by Gasteiger charge is -2.25. The fourth-order valence-electron chi connectivity index (χ4n) is 2.74. The second-order valence-electron chi connectivity index (χ2n) is 7.09. The van der Waals surface area contributed by atoms with Crippen LogP contribution >= 0.6 is 24.0 Å². The van der Waals surface area contributed by atoms with Gasteiger partial charge in [0.05, 0.1) is 12.3 Å². The number of aryl methyl sites for hydroxylation is 1. The van der Waals surface area contributed by atoms with E-state index in [-0.39, 0.29) is 35.8 Å². The summed E-state index contributed by atoms with van der Waals surface area (Å²) in [5.41, 5.74) is 1.15. The molecular formula is C19H33IN4O3S. The molecule has 0 heterocycles. The van der Waals surface area contributed by atoms with Crippen molar-refractivity contribution in [2.24, 2.45) is 10.9 Å². The maximum atomic E-state index is 12.0. The lowest BCUT2D eigenvalue weighted by Crippen LogP contribution is -2.44. The van der Waals surface area contributed by atoms with Crippen molar-refractivity contribution in [3.8, 4) is 5.75 Å². The molecule has 0 aromatic heterocycles. The van der Waals surface area contributed by atoms with Crippen LogP contribution in [0.25, 0.3) is 0 Å². The van der Waals surface area contributed by atoms with Gasteiger partial charge in [0.15, 0.2) is 5.96 Å². The minimum atomic E-state index is -3.25. The van der Waals surface area contributed by atoms with E-state index in [9.17, 15) is 8.42 Å². The molecular weight excluding hydrogens is 491 g/mol. The fourth-order valence-corrected chi connectivity index (χ4v) is 3.75. The highest BCUT2D eigenvalue weighted by molar-refractivity contribution is 14.0. The molecule has 1 fully saturated rings. The number of guanidine groups is 1. The van der Waals surface area contributed by atoms with Gasteiger partial charge in [-0.1, -0.05) is 18.6 Å². The first-order valence-corrected chi connectivity index (χ1v) is 11.2. The lowest BCUT2D eigenvalue weighted by molar-refractivity contribution is 0.223. The predicted octanol–water partition coefficient (Wildman–Crippen LogP) is 2.26. The SMILES string of the molecule is CN=C(NCCS(=O)(=O)NCC1CCC1)NCC(C)Oc1cccc(C)c1.I. The van der Waals surface area contributed by atoms with Gasteiger partial charge >= 0.3 is 0 Å². The molecule has 1 aromatic rings. The first-order chi connectivity index (χ1) is 12.9. The summed E-state index contributed by atoms with van der Waals surface area (Å²) >= 11 is 0. The zero-order valence-corrected chi connectivity index (χ0v) is 20.0. The Kier molecular flexibility index (Phi) is 11.1. The Morgan fingerprint density at radius 1 is 1.32 bits per heavy atom. The van der Waals surface area contributed by atoms with Crippen LogP contribution < -0.4 is 20.1 Å². The molecule has 7 nitrogen and oxygen atoms in total. The molecule has 9 heteroatoms. The topological polar surface area (TPSA) is 91.8 Å². The van der Waals surface area contributed by atoms with E-state index in [1.807, 2.05) is 38.1 Å². The molecule has 3 N–H and O–H groups in total. The smallest absolute Gasteiger partial charge is 0.213 e. The number of halogens is 1. The molecule has 0 aliphatic heterocycles. The molecule has 0 bridgehead atoms. The summed E-state index contributed by atoms with van der Waals surface area (Å²) in [5.74, 6) is 1.92. The van der Waals surface area contributed by atoms with Crippen LogP contribution in [-0.4, -0.2) is 52.9 Å². The first-order valence-electron chi connectivity index (χ1n) is 9.53. The van der Waals surface area contributed by atoms with Crippen LogP contribution in [0.5, 0.6) is 5.75 Å². The van der Waals surface area contributed by atoms with Crippen LogP contribution in [0.2, 0.25) is 0 Å². The van der Waals surface area contributed by atoms with E-state index in [0.717, 1.165) is 24.2 Å². The van der Waals surface area contributed by atoms with Crippen LogP contribution in [0.15, 0.2) is 29.3 Å². The van der Waals surface area contributed by atoms with Crippen molar-refractivity contribution in [3.05, 3.63) is 29.8 Å². The van der Waals surface area contributed by atoms with Crippen LogP contribution in [0, 0.1) is 12.8 Å². The van der Waals surface area contributed by atoms with Crippen LogP contribution in [0.4, 0.5) is 0 Å². The molecule has 0 radical (unpaired) electrons. The highest BCUT2D eigenvalue weighted by Crippen LogP contribution is 2.25. The zero-order valence-electron chi connectivity index (χ0n) is 16.9. The van der Waals surface area contributed by atoms with Gasteiger partial charge in [0, 0.05) is 20.1 Å². The number of rotatable bonds is 10. The highest BCUT2D eigenvalue weighted by atomic mass is 127. The lowest BCUT2D eigenvalue weighted by atomic mass is 9.86. The van der Waals surface area contributed by atoms with E-state index in [4.69, 9.17) is 4.74 Å². The van der Waals surface area contributed by atoms with E-state index in [0.29, 0.717) is 31.5 Å². The summed E-state index contributed by atoms with van der Waals surface area (Å²) < 4.78 is 32.6. The fraction of sp³-hybridized carbons (Fsp3) is 0.632. The molecule has 160 valence electrons. The second kappa shape index (κ2) is 12.5. The minimum Gasteiger partial charge on any atom is -0.489 e. The van der Waals surface area contributed by atoms with Crippen LogP contribution in [0.3, 0.4) is 0 Å². The van der Waals surface area contributed by atoms with Gasteiger partial charge in [-0.3, -0.25) is 4.99 Å². The summed E-state index contributed by atoms with van der Waals surface area (Å²) in [6.45, 7) is 5.41. The number of hydrogen-bond donors (Lipinski definition) is 3. The van der Waals surface area contributed by atoms with Crippen molar-refractivity contribution in [1.82, 2.24) is 15.4 Å². The van der Waals surface area contributed by atoms with E-state index in [1.54, 1.807) is 7.05 Å². The van der Waals surface area contributed by atoms with Gasteiger partial charge in [0.25, 0.3) is 0 Å². The minimum absolute atomic E-state index is 0. The third-order valence-corrected chi connectivity index (χ3v) is 5.94. The highest BCUT2D eigenvalue weighted by Gasteiger charge is 2.20. The Morgan fingerprint density at radius 2 is 2.07 bits per heavy atom. The molecule has 1 atom stereocenters. The van der Waals surface area contributed by atoms with Crippen LogP contribution in [-0.2, 0) is 10.0 Å². The molecule has 1 unspecified atom stereocenters. The third kappa shape index (κ3) is 9.42. The molecule has 1 aliphatic carbocycles. The van der Waals surface area contributed by atoms with Gasteiger partial charge in [-0.05, 0) is 50.3 Å². The summed E-state index contributed by atoms with van der Waals surface area (Å²) in [5, 5.41) is 6.19.